The zero-order chi connectivity index (χ0) is 52.5. The van der Waals surface area contributed by atoms with Crippen molar-refractivity contribution in [1.82, 2.24) is 0 Å². The van der Waals surface area contributed by atoms with Crippen molar-refractivity contribution in [2.45, 2.75) is 105 Å². The topological polar surface area (TPSA) is 6.48 Å². The minimum Gasteiger partial charge on any atom is -0.311 e. The molecule has 4 aliphatic rings. The molecule has 0 unspecified atom stereocenters. The molecule has 372 valence electrons. The number of aryl methyl sites for hydroxylation is 3. The minimum atomic E-state index is -0.435. The first-order chi connectivity index (χ1) is 36.3. The summed E-state index contributed by atoms with van der Waals surface area (Å²) >= 11 is 2.02. The normalized spacial score (nSPS) is 14.6. The van der Waals surface area contributed by atoms with Gasteiger partial charge in [-0.1, -0.05) is 195 Å². The summed E-state index contributed by atoms with van der Waals surface area (Å²) in [6.07, 6.45) is 0. The van der Waals surface area contributed by atoms with E-state index in [9.17, 15) is 0 Å². The van der Waals surface area contributed by atoms with Crippen LogP contribution >= 0.6 is 11.3 Å². The van der Waals surface area contributed by atoms with Crippen molar-refractivity contribution in [2.75, 3.05) is 9.80 Å². The number of thiophene rings is 1. The summed E-state index contributed by atoms with van der Waals surface area (Å²) in [7, 11) is 0. The number of anilines is 6. The summed E-state index contributed by atoms with van der Waals surface area (Å²) < 4.78 is 2.72. The Kier molecular flexibility index (Phi) is 9.96. The molecular formula is C72H65BN2S. The predicted molar refractivity (Wildman–Crippen MR) is 328 cm³/mol. The fourth-order valence-corrected chi connectivity index (χ4v) is 15.3. The Hall–Kier alpha value is -7.40. The van der Waals surface area contributed by atoms with Gasteiger partial charge in [-0.25, -0.2) is 0 Å². The van der Waals surface area contributed by atoms with Crippen LogP contribution in [0.1, 0.15) is 118 Å². The molecular weight excluding hydrogens is 936 g/mol. The number of hydrogen-bond acceptors (Lipinski definition) is 3. The molecule has 14 rings (SSSR count). The van der Waals surface area contributed by atoms with Crippen LogP contribution in [0.15, 0.2) is 176 Å². The van der Waals surface area contributed by atoms with E-state index in [2.05, 4.69) is 269 Å². The third-order valence-corrected chi connectivity index (χ3v) is 18.6. The molecule has 1 spiro atoms. The number of fused-ring (bicyclic) bond motifs is 16. The summed E-state index contributed by atoms with van der Waals surface area (Å²) in [5, 5.41) is 1.31. The Labute approximate surface area is 454 Å². The first kappa shape index (κ1) is 47.1. The van der Waals surface area contributed by atoms with Gasteiger partial charge in [-0.2, -0.15) is 0 Å². The number of rotatable bonds is 3. The van der Waals surface area contributed by atoms with Crippen LogP contribution in [0.5, 0.6) is 0 Å². The lowest BCUT2D eigenvalue weighted by Gasteiger charge is -2.43. The molecule has 0 amide bonds. The van der Waals surface area contributed by atoms with E-state index in [0.717, 1.165) is 0 Å². The van der Waals surface area contributed by atoms with Gasteiger partial charge in [-0.05, 0) is 180 Å². The monoisotopic (exact) mass is 1000 g/mol. The molecule has 2 nitrogen and oxygen atoms in total. The van der Waals surface area contributed by atoms with Crippen LogP contribution in [0.2, 0.25) is 0 Å². The van der Waals surface area contributed by atoms with Crippen molar-refractivity contribution in [3.63, 3.8) is 0 Å². The number of benzene rings is 9. The van der Waals surface area contributed by atoms with Crippen LogP contribution in [0, 0.1) is 20.8 Å². The molecule has 0 radical (unpaired) electrons. The van der Waals surface area contributed by atoms with E-state index in [1.807, 2.05) is 11.3 Å². The van der Waals surface area contributed by atoms with Crippen LogP contribution in [0.25, 0.3) is 43.5 Å². The van der Waals surface area contributed by atoms with Gasteiger partial charge in [0.25, 0.3) is 6.71 Å². The standard InChI is InChI=1S/C72H65BN2S/c1-42-24-30-47(31-25-42)74-61-39-45(65-56(70(7,8)9)22-17-23-57(65)71(10,11)12)27-35-60(61)73-66-62(74)37-44(3)38-63(66)75(48-32-28-46(29-33-48)69(4,5)6)67-53-40-52-51-34-26-43(2)36-58(51)72(59(52)41-64(53)76-68(67)73)54-20-15-13-18-49(54)50-19-14-16-21-55(50)72/h13-41H,1-12H3. The van der Waals surface area contributed by atoms with E-state index >= 15 is 0 Å². The van der Waals surface area contributed by atoms with E-state index in [1.54, 1.807) is 0 Å². The Balaban J connectivity index is 1.09. The Bertz CT molecular complexity index is 4020. The van der Waals surface area contributed by atoms with Gasteiger partial charge in [0.05, 0.1) is 11.1 Å². The highest BCUT2D eigenvalue weighted by atomic mass is 32.1. The zero-order valence-corrected chi connectivity index (χ0v) is 46.9. The molecule has 2 aliphatic heterocycles. The summed E-state index contributed by atoms with van der Waals surface area (Å²) in [6.45, 7) is 27.9. The first-order valence-electron chi connectivity index (χ1n) is 27.4. The van der Waals surface area contributed by atoms with E-state index < -0.39 is 5.41 Å². The fourth-order valence-electron chi connectivity index (χ4n) is 14.0. The smallest absolute Gasteiger partial charge is 0.264 e. The second kappa shape index (κ2) is 16.1. The van der Waals surface area contributed by atoms with Crippen molar-refractivity contribution in [3.8, 4) is 33.4 Å². The van der Waals surface area contributed by atoms with E-state index in [1.165, 1.54) is 149 Å². The van der Waals surface area contributed by atoms with Gasteiger partial charge in [-0.3, -0.25) is 0 Å². The Morgan fingerprint density at radius 2 is 1.00 bits per heavy atom. The van der Waals surface area contributed by atoms with E-state index in [-0.39, 0.29) is 23.0 Å². The average Bonchev–Trinajstić information content (AvgIpc) is 3.47. The number of hydrogen-bond donors (Lipinski definition) is 0. The quantitative estimate of drug-likeness (QED) is 0.163. The lowest BCUT2D eigenvalue weighted by atomic mass is 9.36. The van der Waals surface area contributed by atoms with Gasteiger partial charge in [0.15, 0.2) is 0 Å². The van der Waals surface area contributed by atoms with E-state index in [0.29, 0.717) is 0 Å². The molecule has 76 heavy (non-hydrogen) atoms. The third-order valence-electron chi connectivity index (χ3n) is 17.4. The summed E-state index contributed by atoms with van der Waals surface area (Å²) in [5.74, 6) is 0. The molecule has 1 aromatic heterocycles. The zero-order valence-electron chi connectivity index (χ0n) is 46.1. The maximum absolute atomic E-state index is 2.65. The van der Waals surface area contributed by atoms with Crippen molar-refractivity contribution in [1.29, 1.82) is 0 Å². The summed E-state index contributed by atoms with van der Waals surface area (Å²) in [4.78, 5) is 5.25. The SMILES string of the molecule is Cc1ccc(N2c3cc(-c4c(C(C)(C)C)cccc4C(C)(C)C)ccc3B3c4sc5cc6c(cc5c4N(c4ccc(C(C)(C)C)cc4)c4cc(C)cc2c43)-c2ccc(C)cc2C62c3ccccc3-c3ccccc32)cc1. The van der Waals surface area contributed by atoms with Crippen LogP contribution in [0.4, 0.5) is 34.1 Å². The Morgan fingerprint density at radius 1 is 0.434 bits per heavy atom. The van der Waals surface area contributed by atoms with Crippen molar-refractivity contribution >= 4 is 78.0 Å². The second-order valence-corrected chi connectivity index (χ2v) is 26.6. The first-order valence-corrected chi connectivity index (χ1v) is 28.3. The highest BCUT2D eigenvalue weighted by molar-refractivity contribution is 7.33. The molecule has 2 aliphatic carbocycles. The molecule has 4 heteroatoms. The van der Waals surface area contributed by atoms with Gasteiger partial charge in [0.1, 0.15) is 0 Å². The van der Waals surface area contributed by atoms with Crippen molar-refractivity contribution in [3.05, 3.63) is 232 Å². The van der Waals surface area contributed by atoms with Gasteiger partial charge in [0.2, 0.25) is 0 Å². The molecule has 0 saturated heterocycles. The summed E-state index contributed by atoms with van der Waals surface area (Å²) in [6, 6.07) is 69.1. The molecule has 10 aromatic rings. The van der Waals surface area contributed by atoms with E-state index in [4.69, 9.17) is 0 Å². The average molecular weight is 1000 g/mol. The van der Waals surface area contributed by atoms with Crippen LogP contribution in [0.3, 0.4) is 0 Å². The van der Waals surface area contributed by atoms with Crippen LogP contribution in [-0.4, -0.2) is 6.71 Å². The Morgan fingerprint density at radius 3 is 1.63 bits per heavy atom. The molecule has 0 bridgehead atoms. The molecule has 0 saturated carbocycles. The summed E-state index contributed by atoms with van der Waals surface area (Å²) in [5.41, 5.74) is 30.9. The maximum atomic E-state index is 2.65. The number of nitrogens with zero attached hydrogens (tertiary/aromatic N) is 2. The highest BCUT2D eigenvalue weighted by Crippen LogP contribution is 2.64. The van der Waals surface area contributed by atoms with Crippen molar-refractivity contribution < 1.29 is 0 Å². The lowest BCUT2D eigenvalue weighted by molar-refractivity contribution is 0.572. The van der Waals surface area contributed by atoms with Gasteiger partial charge < -0.3 is 9.80 Å². The molecule has 0 atom stereocenters. The molecule has 0 N–H and O–H groups in total. The van der Waals surface area contributed by atoms with Crippen LogP contribution < -0.4 is 25.5 Å². The lowest BCUT2D eigenvalue weighted by Crippen LogP contribution is -2.60. The van der Waals surface area contributed by atoms with Crippen LogP contribution in [-0.2, 0) is 21.7 Å². The molecule has 9 aromatic carbocycles. The maximum Gasteiger partial charge on any atom is 0.264 e. The van der Waals surface area contributed by atoms with Crippen molar-refractivity contribution in [2.24, 2.45) is 0 Å². The van der Waals surface area contributed by atoms with Gasteiger partial charge in [-0.15, -0.1) is 11.3 Å². The largest absolute Gasteiger partial charge is 0.311 e. The second-order valence-electron chi connectivity index (χ2n) is 25.6. The predicted octanol–water partition coefficient (Wildman–Crippen LogP) is 17.8. The fraction of sp³-hybridized carbons (Fsp3) is 0.222. The minimum absolute atomic E-state index is 0.0135. The van der Waals surface area contributed by atoms with Gasteiger partial charge in [0, 0.05) is 43.3 Å². The third kappa shape index (κ3) is 6.59. The highest BCUT2D eigenvalue weighted by Gasteiger charge is 2.53. The van der Waals surface area contributed by atoms with Gasteiger partial charge >= 0.3 is 0 Å². The molecule has 0 fully saturated rings. The molecule has 3 heterocycles.